The number of carbonyl (C=O) groups is 1. The fraction of sp³-hybridized carbons (Fsp3) is 0.444. The summed E-state index contributed by atoms with van der Waals surface area (Å²) in [5, 5.41) is 0. The van der Waals surface area contributed by atoms with Gasteiger partial charge >= 0.3 is 0 Å². The first kappa shape index (κ1) is 11.1. The van der Waals surface area contributed by atoms with Gasteiger partial charge in [-0.25, -0.2) is 4.98 Å². The van der Waals surface area contributed by atoms with Crippen molar-refractivity contribution in [3.63, 3.8) is 0 Å². The van der Waals surface area contributed by atoms with Gasteiger partial charge in [-0.2, -0.15) is 0 Å². The SMILES string of the molecule is NC(=O)C1CCN(c2nc[nH]c(=O)c2Br)C1. The third kappa shape index (κ3) is 1.95. The van der Waals surface area contributed by atoms with E-state index in [9.17, 15) is 9.59 Å². The van der Waals surface area contributed by atoms with Gasteiger partial charge in [0, 0.05) is 13.1 Å². The number of anilines is 1. The minimum atomic E-state index is -0.302. The van der Waals surface area contributed by atoms with Crippen molar-refractivity contribution >= 4 is 27.7 Å². The van der Waals surface area contributed by atoms with Gasteiger partial charge in [-0.3, -0.25) is 9.59 Å². The quantitative estimate of drug-likeness (QED) is 0.791. The fourth-order valence-electron chi connectivity index (χ4n) is 1.78. The average molecular weight is 287 g/mol. The molecule has 1 saturated heterocycles. The zero-order chi connectivity index (χ0) is 11.7. The molecule has 0 aliphatic carbocycles. The summed E-state index contributed by atoms with van der Waals surface area (Å²) in [5.74, 6) is 0.101. The maximum absolute atomic E-state index is 11.4. The van der Waals surface area contributed by atoms with E-state index in [0.29, 0.717) is 29.8 Å². The van der Waals surface area contributed by atoms with Crippen molar-refractivity contribution in [2.75, 3.05) is 18.0 Å². The van der Waals surface area contributed by atoms with Gasteiger partial charge in [-0.05, 0) is 22.4 Å². The first-order valence-electron chi connectivity index (χ1n) is 4.87. The first-order valence-corrected chi connectivity index (χ1v) is 5.66. The summed E-state index contributed by atoms with van der Waals surface area (Å²) in [7, 11) is 0. The van der Waals surface area contributed by atoms with Crippen molar-refractivity contribution in [2.24, 2.45) is 11.7 Å². The van der Waals surface area contributed by atoms with E-state index in [1.807, 2.05) is 4.90 Å². The number of nitrogens with zero attached hydrogens (tertiary/aromatic N) is 2. The Morgan fingerprint density at radius 3 is 3.06 bits per heavy atom. The van der Waals surface area contributed by atoms with E-state index in [4.69, 9.17) is 5.73 Å². The number of amides is 1. The minimum absolute atomic E-state index is 0.159. The molecule has 0 bridgehead atoms. The lowest BCUT2D eigenvalue weighted by Crippen LogP contribution is -2.28. The largest absolute Gasteiger partial charge is 0.369 e. The Hall–Kier alpha value is -1.37. The number of hydrogen-bond acceptors (Lipinski definition) is 4. The third-order valence-corrected chi connectivity index (χ3v) is 3.38. The summed E-state index contributed by atoms with van der Waals surface area (Å²) >= 11 is 3.18. The van der Waals surface area contributed by atoms with E-state index >= 15 is 0 Å². The van der Waals surface area contributed by atoms with E-state index in [1.54, 1.807) is 0 Å². The molecule has 1 aliphatic heterocycles. The molecule has 1 atom stereocenters. The molecule has 86 valence electrons. The Morgan fingerprint density at radius 1 is 1.69 bits per heavy atom. The predicted molar refractivity (Wildman–Crippen MR) is 62.1 cm³/mol. The van der Waals surface area contributed by atoms with E-state index in [2.05, 4.69) is 25.9 Å². The van der Waals surface area contributed by atoms with Crippen molar-refractivity contribution < 1.29 is 4.79 Å². The van der Waals surface area contributed by atoms with Crippen LogP contribution < -0.4 is 16.2 Å². The van der Waals surface area contributed by atoms with Crippen LogP contribution in [-0.2, 0) is 4.79 Å². The van der Waals surface area contributed by atoms with Gasteiger partial charge in [0.15, 0.2) is 0 Å². The van der Waals surface area contributed by atoms with Crippen molar-refractivity contribution in [2.45, 2.75) is 6.42 Å². The summed E-state index contributed by atoms with van der Waals surface area (Å²) < 4.78 is 0.389. The molecule has 0 spiro atoms. The van der Waals surface area contributed by atoms with E-state index in [-0.39, 0.29) is 17.4 Å². The molecule has 6 nitrogen and oxygen atoms in total. The zero-order valence-electron chi connectivity index (χ0n) is 8.44. The predicted octanol–water partition coefficient (Wildman–Crippen LogP) is -0.156. The number of halogens is 1. The highest BCUT2D eigenvalue weighted by atomic mass is 79.9. The average Bonchev–Trinajstić information content (AvgIpc) is 2.71. The summed E-state index contributed by atoms with van der Waals surface area (Å²) in [5.41, 5.74) is 5.01. The number of H-pyrrole nitrogens is 1. The number of hydrogen-bond donors (Lipinski definition) is 2. The lowest BCUT2D eigenvalue weighted by atomic mass is 10.1. The highest BCUT2D eigenvalue weighted by Gasteiger charge is 2.28. The lowest BCUT2D eigenvalue weighted by molar-refractivity contribution is -0.121. The number of nitrogens with one attached hydrogen (secondary N) is 1. The smallest absolute Gasteiger partial charge is 0.267 e. The number of carbonyl (C=O) groups excluding carboxylic acids is 1. The molecule has 7 heteroatoms. The van der Waals surface area contributed by atoms with Crippen LogP contribution in [0.25, 0.3) is 0 Å². The van der Waals surface area contributed by atoms with Crippen molar-refractivity contribution in [3.8, 4) is 0 Å². The summed E-state index contributed by atoms with van der Waals surface area (Å²) in [6.45, 7) is 1.20. The second-order valence-electron chi connectivity index (χ2n) is 3.70. The van der Waals surface area contributed by atoms with Gasteiger partial charge in [0.1, 0.15) is 10.3 Å². The minimum Gasteiger partial charge on any atom is -0.369 e. The van der Waals surface area contributed by atoms with Crippen molar-refractivity contribution in [3.05, 3.63) is 21.2 Å². The molecule has 16 heavy (non-hydrogen) atoms. The van der Waals surface area contributed by atoms with Gasteiger partial charge in [-0.15, -0.1) is 0 Å². The molecule has 1 fully saturated rings. The molecule has 0 radical (unpaired) electrons. The van der Waals surface area contributed by atoms with Crippen LogP contribution >= 0.6 is 15.9 Å². The van der Waals surface area contributed by atoms with Crippen LogP contribution in [0.4, 0.5) is 5.82 Å². The Kier molecular flexibility index (Phi) is 2.95. The highest BCUT2D eigenvalue weighted by Crippen LogP contribution is 2.25. The number of rotatable bonds is 2. The van der Waals surface area contributed by atoms with E-state index in [0.717, 1.165) is 0 Å². The Morgan fingerprint density at radius 2 is 2.44 bits per heavy atom. The van der Waals surface area contributed by atoms with Crippen LogP contribution in [-0.4, -0.2) is 29.0 Å². The monoisotopic (exact) mass is 286 g/mol. The lowest BCUT2D eigenvalue weighted by Gasteiger charge is -2.17. The standard InChI is InChI=1S/C9H11BrN4O2/c10-6-8(12-4-13-9(6)16)14-2-1-5(3-14)7(11)15/h4-5H,1-3H2,(H2,11,15)(H,12,13,16). The van der Waals surface area contributed by atoms with Crippen LogP contribution in [0.5, 0.6) is 0 Å². The van der Waals surface area contributed by atoms with Crippen molar-refractivity contribution in [1.82, 2.24) is 9.97 Å². The topological polar surface area (TPSA) is 92.1 Å². The highest BCUT2D eigenvalue weighted by molar-refractivity contribution is 9.10. The molecule has 0 saturated carbocycles. The Bertz CT molecular complexity index is 473. The normalized spacial score (nSPS) is 20.1. The molecule has 3 N–H and O–H groups in total. The third-order valence-electron chi connectivity index (χ3n) is 2.67. The van der Waals surface area contributed by atoms with Gasteiger partial charge in [-0.1, -0.05) is 0 Å². The number of primary amides is 1. The molecule has 1 aliphatic rings. The fourth-order valence-corrected chi connectivity index (χ4v) is 2.25. The van der Waals surface area contributed by atoms with Gasteiger partial charge in [0.25, 0.3) is 5.56 Å². The molecule has 0 aromatic carbocycles. The molecule has 1 unspecified atom stereocenters. The number of nitrogens with two attached hydrogens (primary N) is 1. The van der Waals surface area contributed by atoms with Crippen LogP contribution in [0, 0.1) is 5.92 Å². The van der Waals surface area contributed by atoms with E-state index in [1.165, 1.54) is 6.33 Å². The summed E-state index contributed by atoms with van der Waals surface area (Å²) in [4.78, 5) is 30.8. The summed E-state index contributed by atoms with van der Waals surface area (Å²) in [6.07, 6.45) is 2.05. The number of aromatic nitrogens is 2. The van der Waals surface area contributed by atoms with Gasteiger partial charge < -0.3 is 15.6 Å². The molecule has 2 heterocycles. The van der Waals surface area contributed by atoms with Crippen LogP contribution in [0.2, 0.25) is 0 Å². The second-order valence-corrected chi connectivity index (χ2v) is 4.50. The molecule has 1 amide bonds. The molecule has 1 aromatic rings. The molecule has 1 aromatic heterocycles. The maximum atomic E-state index is 11.4. The van der Waals surface area contributed by atoms with Crippen molar-refractivity contribution in [1.29, 1.82) is 0 Å². The maximum Gasteiger partial charge on any atom is 0.267 e. The first-order chi connectivity index (χ1) is 7.59. The van der Waals surface area contributed by atoms with Crippen LogP contribution in [0.1, 0.15) is 6.42 Å². The van der Waals surface area contributed by atoms with Crippen LogP contribution in [0.3, 0.4) is 0 Å². The van der Waals surface area contributed by atoms with Crippen LogP contribution in [0.15, 0.2) is 15.6 Å². The Labute approximate surface area is 100.0 Å². The zero-order valence-corrected chi connectivity index (χ0v) is 10.0. The summed E-state index contributed by atoms with van der Waals surface area (Å²) in [6, 6.07) is 0. The van der Waals surface area contributed by atoms with Gasteiger partial charge in [0.2, 0.25) is 5.91 Å². The Balaban J connectivity index is 2.24. The van der Waals surface area contributed by atoms with Gasteiger partial charge in [0.05, 0.1) is 12.2 Å². The van der Waals surface area contributed by atoms with E-state index < -0.39 is 0 Å². The molecule has 2 rings (SSSR count). The molecular weight excluding hydrogens is 276 g/mol. The number of aromatic amines is 1. The second kappa shape index (κ2) is 4.25. The molecular formula is C9H11BrN4O2.